The minimum Gasteiger partial charge on any atom is -0.381 e. The summed E-state index contributed by atoms with van der Waals surface area (Å²) >= 11 is 0. The van der Waals surface area contributed by atoms with Crippen LogP contribution in [0, 0.1) is 0 Å². The van der Waals surface area contributed by atoms with Gasteiger partial charge in [-0.15, -0.1) is 0 Å². The Morgan fingerprint density at radius 3 is 2.79 bits per heavy atom. The van der Waals surface area contributed by atoms with Crippen LogP contribution in [0.1, 0.15) is 25.3 Å². The molecule has 0 radical (unpaired) electrons. The number of ether oxygens (including phenoxy) is 2. The van der Waals surface area contributed by atoms with Gasteiger partial charge in [0.15, 0.2) is 17.0 Å². The number of benzene rings is 1. The molecule has 11 nitrogen and oxygen atoms in total. The van der Waals surface area contributed by atoms with Crippen LogP contribution in [0.25, 0.3) is 11.2 Å². The third-order valence-electron chi connectivity index (χ3n) is 6.30. The van der Waals surface area contributed by atoms with Crippen molar-refractivity contribution in [2.24, 2.45) is 0 Å². The molecule has 34 heavy (non-hydrogen) atoms. The zero-order valence-electron chi connectivity index (χ0n) is 19.7. The molecule has 2 aliphatic heterocycles. The van der Waals surface area contributed by atoms with Crippen LogP contribution in [0.15, 0.2) is 24.5 Å². The Hall–Kier alpha value is -3.44. The number of piperidine rings is 1. The summed E-state index contributed by atoms with van der Waals surface area (Å²) in [5.41, 5.74) is 3.94. The van der Waals surface area contributed by atoms with Crippen molar-refractivity contribution in [1.29, 1.82) is 0 Å². The summed E-state index contributed by atoms with van der Waals surface area (Å²) in [4.78, 5) is 28.7. The molecule has 1 atom stereocenters. The third kappa shape index (κ3) is 4.48. The molecule has 180 valence electrons. The summed E-state index contributed by atoms with van der Waals surface area (Å²) in [6, 6.07) is 5.99. The van der Waals surface area contributed by atoms with Crippen LogP contribution < -0.4 is 20.9 Å². The topological polar surface area (TPSA) is 118 Å². The van der Waals surface area contributed by atoms with Gasteiger partial charge in [-0.25, -0.2) is 14.3 Å². The summed E-state index contributed by atoms with van der Waals surface area (Å²) in [7, 11) is 3.55. The molecular weight excluding hydrogens is 436 g/mol. The smallest absolute Gasteiger partial charge is 0.328 e. The normalized spacial score (nSPS) is 19.6. The lowest BCUT2D eigenvalue weighted by atomic mass is 10.1. The molecule has 1 aromatic carbocycles. The molecule has 3 aromatic rings. The van der Waals surface area contributed by atoms with Gasteiger partial charge in [-0.05, 0) is 43.5 Å². The van der Waals surface area contributed by atoms with E-state index in [1.54, 1.807) is 14.2 Å². The van der Waals surface area contributed by atoms with E-state index in [1.807, 2.05) is 13.0 Å². The lowest BCUT2D eigenvalue weighted by molar-refractivity contribution is 0.0547. The maximum Gasteiger partial charge on any atom is 0.328 e. The van der Waals surface area contributed by atoms with Gasteiger partial charge < -0.3 is 30.3 Å². The van der Waals surface area contributed by atoms with Crippen molar-refractivity contribution in [2.75, 3.05) is 49.3 Å². The molecule has 2 aliphatic rings. The second kappa shape index (κ2) is 9.43. The van der Waals surface area contributed by atoms with E-state index in [-0.39, 0.29) is 12.1 Å². The summed E-state index contributed by atoms with van der Waals surface area (Å²) in [6.45, 7) is 4.58. The number of nitrogens with one attached hydrogen (secondary N) is 3. The first-order chi connectivity index (χ1) is 16.5. The monoisotopic (exact) mass is 466 g/mol. The van der Waals surface area contributed by atoms with Crippen LogP contribution in [0.4, 0.5) is 27.9 Å². The van der Waals surface area contributed by atoms with Crippen LogP contribution in [-0.2, 0) is 16.1 Å². The molecule has 3 N–H and O–H groups in total. The van der Waals surface area contributed by atoms with Gasteiger partial charge >= 0.3 is 6.03 Å². The van der Waals surface area contributed by atoms with Gasteiger partial charge in [-0.2, -0.15) is 9.97 Å². The highest BCUT2D eigenvalue weighted by atomic mass is 16.5. The Bertz CT molecular complexity index is 1190. The standard InChI is InChI=1S/C23H30N8O3/c1-14-11-25-23(32)31-13-26-19-20(24-2)28-22(29-21(19)31)27-16-8-15(12-34-14)9-17(10-16)30-6-4-18(33-3)5-7-30/h8-10,13-14,18H,4-7,11-12H2,1-3H3,(H,25,32)(H2,24,27,28,29). The lowest BCUT2D eigenvalue weighted by Crippen LogP contribution is -2.36. The van der Waals surface area contributed by atoms with Crippen LogP contribution in [0.5, 0.6) is 0 Å². The van der Waals surface area contributed by atoms with Gasteiger partial charge in [0.2, 0.25) is 5.95 Å². The van der Waals surface area contributed by atoms with Crippen molar-refractivity contribution >= 4 is 40.3 Å². The zero-order valence-corrected chi connectivity index (χ0v) is 19.7. The first kappa shape index (κ1) is 22.4. The van der Waals surface area contributed by atoms with Crippen molar-refractivity contribution in [1.82, 2.24) is 24.8 Å². The van der Waals surface area contributed by atoms with E-state index < -0.39 is 0 Å². The molecular formula is C23H30N8O3. The molecule has 0 saturated carbocycles. The fourth-order valence-corrected chi connectivity index (χ4v) is 4.38. The molecule has 2 aromatic heterocycles. The van der Waals surface area contributed by atoms with Crippen LogP contribution in [0.3, 0.4) is 0 Å². The average molecular weight is 467 g/mol. The van der Waals surface area contributed by atoms with Gasteiger partial charge in [-0.1, -0.05) is 0 Å². The van der Waals surface area contributed by atoms with Crippen molar-refractivity contribution in [3.05, 3.63) is 30.1 Å². The van der Waals surface area contributed by atoms with Gasteiger partial charge in [0, 0.05) is 45.2 Å². The Kier molecular flexibility index (Phi) is 6.20. The number of anilines is 4. The number of rotatable bonds is 3. The molecule has 1 fully saturated rings. The van der Waals surface area contributed by atoms with Crippen molar-refractivity contribution < 1.29 is 14.3 Å². The van der Waals surface area contributed by atoms with Crippen molar-refractivity contribution in [3.63, 3.8) is 0 Å². The van der Waals surface area contributed by atoms with Gasteiger partial charge in [0.05, 0.1) is 18.8 Å². The molecule has 11 heteroatoms. The van der Waals surface area contributed by atoms with E-state index in [0.717, 1.165) is 42.9 Å². The highest BCUT2D eigenvalue weighted by molar-refractivity contribution is 5.92. The predicted molar refractivity (Wildman–Crippen MR) is 130 cm³/mol. The fraction of sp³-hybridized carbons (Fsp3) is 0.478. The first-order valence-corrected chi connectivity index (χ1v) is 11.6. The van der Waals surface area contributed by atoms with Crippen LogP contribution in [-0.4, -0.2) is 71.5 Å². The number of methoxy groups -OCH3 is 1. The average Bonchev–Trinajstić information content (AvgIpc) is 3.29. The molecule has 5 rings (SSSR count). The highest BCUT2D eigenvalue weighted by Crippen LogP contribution is 2.29. The number of imidazole rings is 1. The number of nitrogens with zero attached hydrogens (tertiary/aromatic N) is 5. The highest BCUT2D eigenvalue weighted by Gasteiger charge is 2.21. The Labute approximate surface area is 197 Å². The van der Waals surface area contributed by atoms with Gasteiger partial charge in [0.1, 0.15) is 6.33 Å². The van der Waals surface area contributed by atoms with Crippen molar-refractivity contribution in [2.45, 2.75) is 38.6 Å². The molecule has 0 aliphatic carbocycles. The molecule has 4 bridgehead atoms. The third-order valence-corrected chi connectivity index (χ3v) is 6.30. The Morgan fingerprint density at radius 2 is 2.03 bits per heavy atom. The van der Waals surface area contributed by atoms with E-state index in [4.69, 9.17) is 9.47 Å². The number of aromatic nitrogens is 4. The minimum atomic E-state index is -0.318. The maximum atomic E-state index is 12.8. The van der Waals surface area contributed by atoms with Gasteiger partial charge in [0.25, 0.3) is 0 Å². The molecule has 0 spiro atoms. The Balaban J connectivity index is 1.55. The number of fused-ring (bicyclic) bond motifs is 3. The number of hydrogen-bond acceptors (Lipinski definition) is 9. The largest absolute Gasteiger partial charge is 0.381 e. The molecule has 1 amide bonds. The summed E-state index contributed by atoms with van der Waals surface area (Å²) < 4.78 is 13.0. The molecule has 1 unspecified atom stereocenters. The summed E-state index contributed by atoms with van der Waals surface area (Å²) in [6.07, 6.45) is 3.58. The second-order valence-electron chi connectivity index (χ2n) is 8.68. The zero-order chi connectivity index (χ0) is 23.7. The van der Waals surface area contributed by atoms with E-state index in [1.165, 1.54) is 10.9 Å². The van der Waals surface area contributed by atoms with Gasteiger partial charge in [-0.3, -0.25) is 0 Å². The summed E-state index contributed by atoms with van der Waals surface area (Å²) in [5, 5.41) is 9.28. The lowest BCUT2D eigenvalue weighted by Gasteiger charge is -2.33. The number of amides is 1. The number of hydrogen-bond donors (Lipinski definition) is 3. The van der Waals surface area contributed by atoms with E-state index in [9.17, 15) is 4.79 Å². The van der Waals surface area contributed by atoms with Crippen LogP contribution >= 0.6 is 0 Å². The summed E-state index contributed by atoms with van der Waals surface area (Å²) in [5.74, 6) is 0.916. The van der Waals surface area contributed by atoms with E-state index >= 15 is 0 Å². The second-order valence-corrected chi connectivity index (χ2v) is 8.68. The van der Waals surface area contributed by atoms with Crippen molar-refractivity contribution in [3.8, 4) is 0 Å². The predicted octanol–water partition coefficient (Wildman–Crippen LogP) is 2.70. The number of carbonyl (C=O) groups is 1. The first-order valence-electron chi connectivity index (χ1n) is 11.6. The molecule has 4 heterocycles. The molecule has 1 saturated heterocycles. The maximum absolute atomic E-state index is 12.8. The fourth-order valence-electron chi connectivity index (χ4n) is 4.38. The van der Waals surface area contributed by atoms with E-state index in [0.29, 0.717) is 42.2 Å². The van der Waals surface area contributed by atoms with E-state index in [2.05, 4.69) is 47.9 Å². The SMILES string of the molecule is CNc1nc2nc3c1ncn3C(=O)NCC(C)OCc1cc(cc(N3CCC(OC)CC3)c1)N2. The quantitative estimate of drug-likeness (QED) is 0.535. The number of carbonyl (C=O) groups excluding carboxylic acids is 1. The minimum absolute atomic E-state index is 0.169. The Morgan fingerprint density at radius 1 is 1.21 bits per heavy atom. The van der Waals surface area contributed by atoms with Crippen LogP contribution in [0.2, 0.25) is 0 Å².